The molecule has 0 aliphatic heterocycles. The molecule has 3 N–H and O–H groups in total. The number of anilines is 1. The highest BCUT2D eigenvalue weighted by Crippen LogP contribution is 2.20. The summed E-state index contributed by atoms with van der Waals surface area (Å²) in [7, 11) is -3.51. The zero-order chi connectivity index (χ0) is 19.2. The standard InChI is InChI=1S/C18H20N2O5S/c1-2-26(23,24)16-6-4-3-5-15(16)18(22)20-13-7-9-14(10-8-13)25-12-11-17(19)21/h3-10H,2,11-12H2,1H3,(H2,19,21)(H,20,22). The number of ether oxygens (including phenoxy) is 1. The van der Waals surface area contributed by atoms with Crippen molar-refractivity contribution in [1.82, 2.24) is 0 Å². The van der Waals surface area contributed by atoms with E-state index in [-0.39, 0.29) is 29.2 Å². The van der Waals surface area contributed by atoms with Gasteiger partial charge >= 0.3 is 0 Å². The van der Waals surface area contributed by atoms with Gasteiger partial charge in [0.25, 0.3) is 5.91 Å². The molecule has 0 aromatic heterocycles. The summed E-state index contributed by atoms with van der Waals surface area (Å²) in [5.74, 6) is -0.526. The van der Waals surface area contributed by atoms with E-state index in [1.165, 1.54) is 19.1 Å². The summed E-state index contributed by atoms with van der Waals surface area (Å²) in [6.07, 6.45) is 0.112. The molecule has 0 fully saturated rings. The van der Waals surface area contributed by atoms with E-state index in [0.29, 0.717) is 11.4 Å². The van der Waals surface area contributed by atoms with Crippen LogP contribution in [0.25, 0.3) is 0 Å². The molecule has 138 valence electrons. The SMILES string of the molecule is CCS(=O)(=O)c1ccccc1C(=O)Nc1ccc(OCCC(N)=O)cc1. The van der Waals surface area contributed by atoms with E-state index in [1.807, 2.05) is 0 Å². The molecule has 0 unspecified atom stereocenters. The lowest BCUT2D eigenvalue weighted by Crippen LogP contribution is -2.17. The third-order valence-corrected chi connectivity index (χ3v) is 5.36. The number of benzene rings is 2. The Bertz CT molecular complexity index is 892. The zero-order valence-corrected chi connectivity index (χ0v) is 15.1. The largest absolute Gasteiger partial charge is 0.493 e. The number of nitrogens with two attached hydrogens (primary N) is 1. The van der Waals surface area contributed by atoms with Gasteiger partial charge in [-0.15, -0.1) is 0 Å². The fourth-order valence-electron chi connectivity index (χ4n) is 2.18. The van der Waals surface area contributed by atoms with Crippen molar-refractivity contribution in [3.05, 3.63) is 54.1 Å². The molecule has 0 bridgehead atoms. The first-order chi connectivity index (χ1) is 12.3. The van der Waals surface area contributed by atoms with Crippen molar-refractivity contribution in [3.8, 4) is 5.75 Å². The Morgan fingerprint density at radius 3 is 2.35 bits per heavy atom. The molecular weight excluding hydrogens is 356 g/mol. The van der Waals surface area contributed by atoms with Gasteiger partial charge in [-0.05, 0) is 36.4 Å². The lowest BCUT2D eigenvalue weighted by Gasteiger charge is -2.11. The summed E-state index contributed by atoms with van der Waals surface area (Å²) in [6, 6.07) is 12.6. The lowest BCUT2D eigenvalue weighted by atomic mass is 10.2. The molecule has 2 aromatic carbocycles. The van der Waals surface area contributed by atoms with E-state index in [1.54, 1.807) is 36.4 Å². The molecule has 0 aliphatic carbocycles. The quantitative estimate of drug-likeness (QED) is 0.731. The fraction of sp³-hybridized carbons (Fsp3) is 0.222. The normalized spacial score (nSPS) is 11.0. The first-order valence-electron chi connectivity index (χ1n) is 7.98. The third kappa shape index (κ3) is 5.06. The van der Waals surface area contributed by atoms with E-state index in [2.05, 4.69) is 5.32 Å². The first-order valence-corrected chi connectivity index (χ1v) is 9.63. The smallest absolute Gasteiger partial charge is 0.256 e. The van der Waals surface area contributed by atoms with Crippen molar-refractivity contribution in [3.63, 3.8) is 0 Å². The maximum absolute atomic E-state index is 12.5. The number of sulfone groups is 1. The van der Waals surface area contributed by atoms with Gasteiger partial charge in [0.2, 0.25) is 5.91 Å². The topological polar surface area (TPSA) is 116 Å². The highest BCUT2D eigenvalue weighted by molar-refractivity contribution is 7.91. The molecular formula is C18H20N2O5S. The first kappa shape index (κ1) is 19.5. The molecule has 0 atom stereocenters. The second kappa shape index (κ2) is 8.48. The Balaban J connectivity index is 2.10. The summed E-state index contributed by atoms with van der Waals surface area (Å²) < 4.78 is 29.6. The molecule has 26 heavy (non-hydrogen) atoms. The second-order valence-corrected chi connectivity index (χ2v) is 7.69. The summed E-state index contributed by atoms with van der Waals surface area (Å²) >= 11 is 0. The number of carbonyl (C=O) groups excluding carboxylic acids is 2. The van der Waals surface area contributed by atoms with Gasteiger partial charge in [0.1, 0.15) is 5.75 Å². The van der Waals surface area contributed by atoms with Crippen LogP contribution in [-0.4, -0.2) is 32.6 Å². The molecule has 0 saturated carbocycles. The van der Waals surface area contributed by atoms with Crippen molar-refractivity contribution in [1.29, 1.82) is 0 Å². The average molecular weight is 376 g/mol. The number of primary amides is 1. The van der Waals surface area contributed by atoms with E-state index in [9.17, 15) is 18.0 Å². The Labute approximate surface area is 152 Å². The second-order valence-electron chi connectivity index (χ2n) is 5.44. The van der Waals surface area contributed by atoms with Crippen molar-refractivity contribution >= 4 is 27.3 Å². The Morgan fingerprint density at radius 2 is 1.73 bits per heavy atom. The van der Waals surface area contributed by atoms with Gasteiger partial charge in [0.15, 0.2) is 9.84 Å². The minimum absolute atomic E-state index is 0.00593. The molecule has 0 aliphatic rings. The fourth-order valence-corrected chi connectivity index (χ4v) is 3.28. The van der Waals surface area contributed by atoms with Crippen LogP contribution >= 0.6 is 0 Å². The van der Waals surface area contributed by atoms with Crippen LogP contribution < -0.4 is 15.8 Å². The minimum Gasteiger partial charge on any atom is -0.493 e. The van der Waals surface area contributed by atoms with Gasteiger partial charge in [0, 0.05) is 5.69 Å². The van der Waals surface area contributed by atoms with Gasteiger partial charge in [-0.1, -0.05) is 19.1 Å². The maximum Gasteiger partial charge on any atom is 0.256 e. The van der Waals surface area contributed by atoms with Gasteiger partial charge < -0.3 is 15.8 Å². The monoisotopic (exact) mass is 376 g/mol. The van der Waals surface area contributed by atoms with Crippen molar-refractivity contribution in [2.45, 2.75) is 18.2 Å². The zero-order valence-electron chi connectivity index (χ0n) is 14.3. The van der Waals surface area contributed by atoms with Crippen LogP contribution in [0.5, 0.6) is 5.75 Å². The van der Waals surface area contributed by atoms with Crippen LogP contribution in [0.1, 0.15) is 23.7 Å². The van der Waals surface area contributed by atoms with Crippen molar-refractivity contribution in [2.75, 3.05) is 17.7 Å². The van der Waals surface area contributed by atoms with E-state index < -0.39 is 21.7 Å². The molecule has 0 heterocycles. The Kier molecular flexibility index (Phi) is 6.35. The van der Waals surface area contributed by atoms with Crippen LogP contribution in [0.15, 0.2) is 53.4 Å². The summed E-state index contributed by atoms with van der Waals surface area (Å²) in [5, 5.41) is 2.66. The molecule has 8 heteroatoms. The number of nitrogens with one attached hydrogen (secondary N) is 1. The summed E-state index contributed by atoms with van der Waals surface area (Å²) in [5.41, 5.74) is 5.61. The highest BCUT2D eigenvalue weighted by Gasteiger charge is 2.20. The van der Waals surface area contributed by atoms with Crippen LogP contribution in [0.2, 0.25) is 0 Å². The van der Waals surface area contributed by atoms with E-state index >= 15 is 0 Å². The lowest BCUT2D eigenvalue weighted by molar-refractivity contribution is -0.118. The van der Waals surface area contributed by atoms with Crippen molar-refractivity contribution in [2.24, 2.45) is 5.73 Å². The molecule has 2 amide bonds. The van der Waals surface area contributed by atoms with Crippen LogP contribution in [0, 0.1) is 0 Å². The van der Waals surface area contributed by atoms with E-state index in [0.717, 1.165) is 0 Å². The van der Waals surface area contributed by atoms with E-state index in [4.69, 9.17) is 10.5 Å². The number of hydrogen-bond acceptors (Lipinski definition) is 5. The number of hydrogen-bond donors (Lipinski definition) is 2. The predicted molar refractivity (Wildman–Crippen MR) is 97.9 cm³/mol. The molecule has 2 aromatic rings. The average Bonchev–Trinajstić information content (AvgIpc) is 2.63. The van der Waals surface area contributed by atoms with Crippen LogP contribution in [0.4, 0.5) is 5.69 Å². The van der Waals surface area contributed by atoms with Crippen LogP contribution in [0.3, 0.4) is 0 Å². The van der Waals surface area contributed by atoms with Crippen LogP contribution in [-0.2, 0) is 14.6 Å². The highest BCUT2D eigenvalue weighted by atomic mass is 32.2. The third-order valence-electron chi connectivity index (χ3n) is 3.58. The maximum atomic E-state index is 12.5. The Morgan fingerprint density at radius 1 is 1.08 bits per heavy atom. The molecule has 0 radical (unpaired) electrons. The molecule has 7 nitrogen and oxygen atoms in total. The van der Waals surface area contributed by atoms with Gasteiger partial charge in [-0.3, -0.25) is 9.59 Å². The van der Waals surface area contributed by atoms with Gasteiger partial charge in [-0.25, -0.2) is 8.42 Å². The molecule has 2 rings (SSSR count). The van der Waals surface area contributed by atoms with Crippen molar-refractivity contribution < 1.29 is 22.7 Å². The summed E-state index contributed by atoms with van der Waals surface area (Å²) in [6.45, 7) is 1.70. The molecule has 0 spiro atoms. The van der Waals surface area contributed by atoms with Gasteiger partial charge in [0.05, 0.1) is 29.2 Å². The predicted octanol–water partition coefficient (Wildman–Crippen LogP) is 1.99. The summed E-state index contributed by atoms with van der Waals surface area (Å²) in [4.78, 5) is 23.1. The number of rotatable bonds is 8. The van der Waals surface area contributed by atoms with Gasteiger partial charge in [-0.2, -0.15) is 0 Å². The Hall–Kier alpha value is -2.87. The minimum atomic E-state index is -3.51. The molecule has 0 saturated heterocycles. The number of amides is 2. The number of carbonyl (C=O) groups is 2.